The largest absolute Gasteiger partial charge is 0.479 e. The van der Waals surface area contributed by atoms with Crippen LogP contribution in [0.25, 0.3) is 4.85 Å². The Labute approximate surface area is 217 Å². The van der Waals surface area contributed by atoms with Gasteiger partial charge in [-0.15, -0.1) is 0 Å². The van der Waals surface area contributed by atoms with Gasteiger partial charge in [-0.25, -0.2) is 0 Å². The van der Waals surface area contributed by atoms with Crippen molar-refractivity contribution in [2.45, 2.75) is 29.4 Å². The monoisotopic (exact) mass is 525 g/mol. The van der Waals surface area contributed by atoms with Crippen molar-refractivity contribution in [3.05, 3.63) is 94.3 Å². The van der Waals surface area contributed by atoms with Crippen LogP contribution in [0, 0.1) is 12.5 Å². The zero-order valence-corrected chi connectivity index (χ0v) is 20.9. The molecule has 2 aliphatic rings. The molecule has 5 atom stereocenters. The first-order valence-electron chi connectivity index (χ1n) is 11.9. The second kappa shape index (κ2) is 8.98. The number of nitrogens with zero attached hydrogens (tertiary/aromatic N) is 3. The molecule has 0 unspecified atom stereocenters. The Bertz CT molecular complexity index is 1390. The maximum atomic E-state index is 13.5. The summed E-state index contributed by atoms with van der Waals surface area (Å²) in [6, 6.07) is 14.9. The van der Waals surface area contributed by atoms with Crippen molar-refractivity contribution in [3.63, 3.8) is 0 Å². The third kappa shape index (κ3) is 3.57. The fourth-order valence-corrected chi connectivity index (χ4v) is 6.16. The van der Waals surface area contributed by atoms with Crippen LogP contribution in [-0.2, 0) is 17.4 Å². The van der Waals surface area contributed by atoms with E-state index in [1.54, 1.807) is 0 Å². The molecule has 1 aliphatic carbocycles. The average molecular weight is 526 g/mol. The fourth-order valence-electron chi connectivity index (χ4n) is 6.16. The van der Waals surface area contributed by atoms with Crippen molar-refractivity contribution < 1.29 is 32.9 Å². The van der Waals surface area contributed by atoms with Crippen LogP contribution in [0.1, 0.15) is 28.2 Å². The molecule has 10 heteroatoms. The summed E-state index contributed by atoms with van der Waals surface area (Å²) in [5.74, 6) is -1.40. The van der Waals surface area contributed by atoms with E-state index in [2.05, 4.69) is 9.83 Å². The van der Waals surface area contributed by atoms with Crippen LogP contribution in [-0.4, -0.2) is 54.0 Å². The second-order valence-corrected chi connectivity index (χ2v) is 9.91. The Balaban J connectivity index is 1.85. The maximum absolute atomic E-state index is 13.5. The van der Waals surface area contributed by atoms with Gasteiger partial charge >= 0.3 is 12.1 Å². The van der Waals surface area contributed by atoms with Crippen LogP contribution in [0.2, 0.25) is 0 Å². The standard InChI is InChI=1S/C28H26F3N3O4/c1-32-21-14-20-23(25(33-21)37-4)26(36)24(35)19(15-34(2)3)22(16-8-6-5-7-9-16)27(26,38-20)17-10-12-18(13-11-17)28(29,30)31/h5-14,19,22,24,35-36H,15H2,2-4H3/t19-,22-,24-,26+,27+/m1/s1. The Morgan fingerprint density at radius 2 is 1.79 bits per heavy atom. The minimum absolute atomic E-state index is 0.0534. The normalized spacial score (nSPS) is 27.9. The SMILES string of the molecule is [C-]#[N+]c1cc2c(c(OC)n1)[C@]1(O)[C@H](O)[C@H](CN(C)C)[C@@H](c3ccccc3)[C@]1(c1ccc(C(F)(F)F)cc1)O2. The molecule has 0 amide bonds. The number of hydrogen-bond acceptors (Lipinski definition) is 6. The number of alkyl halides is 3. The molecule has 38 heavy (non-hydrogen) atoms. The number of rotatable bonds is 5. The summed E-state index contributed by atoms with van der Waals surface area (Å²) in [5.41, 5.74) is -3.78. The number of aliphatic hydroxyl groups is 2. The third-order valence-corrected chi connectivity index (χ3v) is 7.54. The van der Waals surface area contributed by atoms with Crippen LogP contribution in [0.3, 0.4) is 0 Å². The van der Waals surface area contributed by atoms with Gasteiger partial charge in [-0.2, -0.15) is 13.2 Å². The molecule has 0 spiro atoms. The number of aliphatic hydroxyl groups excluding tert-OH is 1. The minimum Gasteiger partial charge on any atom is -0.479 e. The van der Waals surface area contributed by atoms with E-state index < -0.39 is 40.9 Å². The van der Waals surface area contributed by atoms with Crippen LogP contribution in [0.15, 0.2) is 60.7 Å². The van der Waals surface area contributed by atoms with E-state index in [-0.39, 0.29) is 28.6 Å². The lowest BCUT2D eigenvalue weighted by Gasteiger charge is -2.41. The van der Waals surface area contributed by atoms with E-state index in [9.17, 15) is 23.4 Å². The van der Waals surface area contributed by atoms with Gasteiger partial charge in [0.25, 0.3) is 5.82 Å². The third-order valence-electron chi connectivity index (χ3n) is 7.54. The lowest BCUT2D eigenvalue weighted by molar-refractivity contribution is -0.152. The van der Waals surface area contributed by atoms with Gasteiger partial charge in [0.15, 0.2) is 11.2 Å². The van der Waals surface area contributed by atoms with Gasteiger partial charge in [-0.3, -0.25) is 0 Å². The molecule has 2 aromatic carbocycles. The van der Waals surface area contributed by atoms with Crippen molar-refractivity contribution >= 4 is 5.82 Å². The summed E-state index contributed by atoms with van der Waals surface area (Å²) in [5, 5.41) is 24.6. The van der Waals surface area contributed by atoms with Crippen molar-refractivity contribution in [2.75, 3.05) is 27.7 Å². The van der Waals surface area contributed by atoms with Gasteiger partial charge in [-0.05, 0) is 37.4 Å². The Morgan fingerprint density at radius 1 is 1.13 bits per heavy atom. The molecule has 2 heterocycles. The molecule has 1 aromatic heterocycles. The quantitative estimate of drug-likeness (QED) is 0.479. The van der Waals surface area contributed by atoms with Gasteiger partial charge in [-0.1, -0.05) is 54.0 Å². The minimum atomic E-state index is -4.56. The first-order valence-corrected chi connectivity index (χ1v) is 11.9. The van der Waals surface area contributed by atoms with Gasteiger partial charge in [0.2, 0.25) is 0 Å². The number of benzene rings is 2. The molecular formula is C28H26F3N3O4. The zero-order valence-electron chi connectivity index (χ0n) is 20.9. The van der Waals surface area contributed by atoms with Crippen molar-refractivity contribution in [1.82, 2.24) is 9.88 Å². The van der Waals surface area contributed by atoms with E-state index in [0.29, 0.717) is 6.54 Å². The maximum Gasteiger partial charge on any atom is 0.416 e. The van der Waals surface area contributed by atoms with Crippen molar-refractivity contribution in [3.8, 4) is 11.6 Å². The average Bonchev–Trinajstić information content (AvgIpc) is 3.26. The van der Waals surface area contributed by atoms with Gasteiger partial charge in [0.1, 0.15) is 11.3 Å². The van der Waals surface area contributed by atoms with Crippen molar-refractivity contribution in [2.24, 2.45) is 5.92 Å². The number of ether oxygens (including phenoxy) is 2. The molecule has 2 N–H and O–H groups in total. The Kier molecular flexibility index (Phi) is 6.14. The number of aromatic nitrogens is 1. The summed E-state index contributed by atoms with van der Waals surface area (Å²) in [7, 11) is 4.98. The van der Waals surface area contributed by atoms with E-state index >= 15 is 0 Å². The van der Waals surface area contributed by atoms with E-state index in [1.807, 2.05) is 49.3 Å². The predicted molar refractivity (Wildman–Crippen MR) is 132 cm³/mol. The molecular weight excluding hydrogens is 499 g/mol. The summed E-state index contributed by atoms with van der Waals surface area (Å²) < 4.78 is 52.5. The summed E-state index contributed by atoms with van der Waals surface area (Å²) >= 11 is 0. The van der Waals surface area contributed by atoms with Crippen LogP contribution >= 0.6 is 0 Å². The first-order chi connectivity index (χ1) is 18.0. The lowest BCUT2D eigenvalue weighted by Crippen LogP contribution is -2.52. The Hall–Kier alpha value is -3.65. The lowest BCUT2D eigenvalue weighted by atomic mass is 9.70. The highest BCUT2D eigenvalue weighted by Crippen LogP contribution is 2.70. The van der Waals surface area contributed by atoms with Crippen molar-refractivity contribution in [1.29, 1.82) is 0 Å². The smallest absolute Gasteiger partial charge is 0.416 e. The van der Waals surface area contributed by atoms with Gasteiger partial charge in [0.05, 0.1) is 18.8 Å². The molecule has 1 fully saturated rings. The highest BCUT2D eigenvalue weighted by Gasteiger charge is 2.77. The highest BCUT2D eigenvalue weighted by atomic mass is 19.4. The van der Waals surface area contributed by atoms with Gasteiger partial charge in [0, 0.05) is 24.4 Å². The summed E-state index contributed by atoms with van der Waals surface area (Å²) in [6.45, 7) is 7.76. The van der Waals surface area contributed by atoms with E-state index in [1.165, 1.54) is 25.3 Å². The first kappa shape index (κ1) is 26.0. The number of methoxy groups -OCH3 is 1. The Morgan fingerprint density at radius 3 is 2.34 bits per heavy atom. The molecule has 1 aliphatic heterocycles. The zero-order chi connectivity index (χ0) is 27.5. The number of hydrogen-bond donors (Lipinski definition) is 2. The molecule has 0 bridgehead atoms. The molecule has 0 saturated heterocycles. The molecule has 7 nitrogen and oxygen atoms in total. The topological polar surface area (TPSA) is 79.4 Å². The molecule has 5 rings (SSSR count). The predicted octanol–water partition coefficient (Wildman–Crippen LogP) is 4.47. The van der Waals surface area contributed by atoms with E-state index in [4.69, 9.17) is 16.0 Å². The molecule has 0 radical (unpaired) electrons. The summed E-state index contributed by atoms with van der Waals surface area (Å²) in [6.07, 6.45) is -6.00. The number of halogens is 3. The molecule has 1 saturated carbocycles. The fraction of sp³-hybridized carbons (Fsp3) is 0.357. The van der Waals surface area contributed by atoms with Gasteiger partial charge < -0.3 is 29.4 Å². The molecule has 3 aromatic rings. The van der Waals surface area contributed by atoms with Crippen LogP contribution < -0.4 is 9.47 Å². The number of pyridine rings is 1. The highest BCUT2D eigenvalue weighted by molar-refractivity contribution is 5.62. The van der Waals surface area contributed by atoms with Crippen LogP contribution in [0.5, 0.6) is 11.6 Å². The number of fused-ring (bicyclic) bond motifs is 3. The molecule has 198 valence electrons. The second-order valence-electron chi connectivity index (χ2n) is 9.91. The van der Waals surface area contributed by atoms with E-state index in [0.717, 1.165) is 17.7 Å². The van der Waals surface area contributed by atoms with Crippen LogP contribution in [0.4, 0.5) is 19.0 Å². The summed E-state index contributed by atoms with van der Waals surface area (Å²) in [4.78, 5) is 9.42.